The first kappa shape index (κ1) is 21.8. The molecular weight excluding hydrogens is 416 g/mol. The molecule has 0 radical (unpaired) electrons. The van der Waals surface area contributed by atoms with Crippen molar-refractivity contribution in [2.45, 2.75) is 44.2 Å². The maximum absolute atomic E-state index is 9.63. The molecule has 31 heavy (non-hydrogen) atoms. The number of hydrogen-bond acceptors (Lipinski definition) is 6. The second kappa shape index (κ2) is 9.83. The van der Waals surface area contributed by atoms with E-state index in [4.69, 9.17) is 30.9 Å². The topological polar surface area (TPSA) is 87.8 Å². The van der Waals surface area contributed by atoms with Crippen LogP contribution in [0.2, 0.25) is 5.02 Å². The van der Waals surface area contributed by atoms with Crippen LogP contribution in [-0.2, 0) is 0 Å². The van der Waals surface area contributed by atoms with Crippen LogP contribution in [0.5, 0.6) is 5.75 Å². The van der Waals surface area contributed by atoms with E-state index in [0.717, 1.165) is 59.9 Å². The average molecular weight is 443 g/mol. The second-order valence-corrected chi connectivity index (χ2v) is 8.50. The highest BCUT2D eigenvalue weighted by Crippen LogP contribution is 2.41. The van der Waals surface area contributed by atoms with E-state index in [0.29, 0.717) is 17.4 Å². The molecular formula is C24H27ClN2O4. The number of ether oxygens (including phenoxy) is 1. The maximum Gasteiger partial charge on any atom is 0.198 e. The summed E-state index contributed by atoms with van der Waals surface area (Å²) in [6, 6.07) is 15.4. The van der Waals surface area contributed by atoms with Gasteiger partial charge < -0.3 is 19.5 Å². The van der Waals surface area contributed by atoms with Gasteiger partial charge in [0, 0.05) is 22.1 Å². The van der Waals surface area contributed by atoms with E-state index in [1.165, 1.54) is 0 Å². The third-order valence-corrected chi connectivity index (χ3v) is 6.27. The zero-order valence-corrected chi connectivity index (χ0v) is 18.2. The number of aromatic nitrogens is 1. The number of hydrogen-bond donors (Lipinski definition) is 3. The molecule has 3 aromatic rings. The number of rotatable bonds is 7. The Morgan fingerprint density at radius 1 is 1.06 bits per heavy atom. The van der Waals surface area contributed by atoms with Gasteiger partial charge in [0.25, 0.3) is 0 Å². The predicted molar refractivity (Wildman–Crippen MR) is 119 cm³/mol. The van der Waals surface area contributed by atoms with Gasteiger partial charge in [-0.3, -0.25) is 0 Å². The van der Waals surface area contributed by atoms with Crippen LogP contribution in [0.15, 0.2) is 52.9 Å². The molecule has 1 atom stereocenters. The lowest BCUT2D eigenvalue weighted by Crippen LogP contribution is -2.29. The molecule has 1 aliphatic carbocycles. The number of nitrogens with one attached hydrogen (secondary N) is 1. The number of oxazole rings is 1. The number of benzene rings is 2. The quantitative estimate of drug-likeness (QED) is 0.324. The molecule has 7 heteroatoms. The average Bonchev–Trinajstić information content (AvgIpc) is 3.25. The zero-order chi connectivity index (χ0) is 21.8. The molecule has 164 valence electrons. The first-order chi connectivity index (χ1) is 15.1. The predicted octanol–water partition coefficient (Wildman–Crippen LogP) is 5.63. The molecule has 1 aromatic heterocycles. The van der Waals surface area contributed by atoms with E-state index in [2.05, 4.69) is 0 Å². The third kappa shape index (κ3) is 5.10. The largest absolute Gasteiger partial charge is 0.497 e. The summed E-state index contributed by atoms with van der Waals surface area (Å²) >= 11 is 6.08. The van der Waals surface area contributed by atoms with Gasteiger partial charge >= 0.3 is 0 Å². The normalized spacial score (nSPS) is 19.9. The lowest BCUT2D eigenvalue weighted by molar-refractivity contribution is -0.0154. The van der Waals surface area contributed by atoms with Crippen molar-refractivity contribution in [2.75, 3.05) is 7.11 Å². The summed E-state index contributed by atoms with van der Waals surface area (Å²) < 4.78 is 11.6. The molecule has 0 spiro atoms. The van der Waals surface area contributed by atoms with E-state index in [1.807, 2.05) is 54.0 Å². The summed E-state index contributed by atoms with van der Waals surface area (Å²) in [6.45, 7) is 0. The Kier molecular flexibility index (Phi) is 6.92. The van der Waals surface area contributed by atoms with Gasteiger partial charge in [-0.2, -0.15) is 5.48 Å². The van der Waals surface area contributed by atoms with Crippen LogP contribution in [0.25, 0.3) is 22.6 Å². The van der Waals surface area contributed by atoms with Crippen molar-refractivity contribution in [1.29, 1.82) is 0 Å². The van der Waals surface area contributed by atoms with Crippen LogP contribution in [-0.4, -0.2) is 28.6 Å². The Hall–Kier alpha value is -2.38. The summed E-state index contributed by atoms with van der Waals surface area (Å²) in [7, 11) is 1.65. The van der Waals surface area contributed by atoms with Crippen molar-refractivity contribution in [1.82, 2.24) is 10.5 Å². The Morgan fingerprint density at radius 3 is 2.32 bits per heavy atom. The molecule has 4 rings (SSSR count). The number of methoxy groups -OCH3 is 1. The monoisotopic (exact) mass is 442 g/mol. The molecule has 2 aromatic carbocycles. The van der Waals surface area contributed by atoms with Crippen molar-refractivity contribution < 1.29 is 19.5 Å². The van der Waals surface area contributed by atoms with Crippen molar-refractivity contribution in [2.24, 2.45) is 5.92 Å². The minimum atomic E-state index is -0.874. The smallest absolute Gasteiger partial charge is 0.198 e. The maximum atomic E-state index is 9.63. The van der Waals surface area contributed by atoms with Gasteiger partial charge in [-0.05, 0) is 86.6 Å². The van der Waals surface area contributed by atoms with E-state index in [1.54, 1.807) is 7.11 Å². The van der Waals surface area contributed by atoms with Crippen molar-refractivity contribution in [3.05, 3.63) is 59.4 Å². The molecule has 1 heterocycles. The molecule has 3 N–H and O–H groups in total. The fraction of sp³-hybridized carbons (Fsp3) is 0.375. The van der Waals surface area contributed by atoms with Crippen LogP contribution in [0.3, 0.4) is 0 Å². The van der Waals surface area contributed by atoms with E-state index in [9.17, 15) is 5.11 Å². The van der Waals surface area contributed by atoms with Gasteiger partial charge in [-0.15, -0.1) is 0 Å². The van der Waals surface area contributed by atoms with Gasteiger partial charge in [0.05, 0.1) is 7.11 Å². The standard InChI is InChI=1S/C24H27ClN2O4/c1-30-20-12-8-16(9-13-20)22-23(17-6-10-19(25)11-7-17)31-24(26-22)18-4-2-15(3-5-18)14-21(28)27-29/h6-13,15,18,21,27-29H,2-5,14H2,1H3. The number of halogens is 1. The molecule has 0 saturated heterocycles. The highest BCUT2D eigenvalue weighted by Gasteiger charge is 2.29. The number of nitrogens with zero attached hydrogens (tertiary/aromatic N) is 1. The first-order valence-corrected chi connectivity index (χ1v) is 10.9. The summed E-state index contributed by atoms with van der Waals surface area (Å²) in [5.41, 5.74) is 4.62. The fourth-order valence-electron chi connectivity index (χ4n) is 4.27. The van der Waals surface area contributed by atoms with E-state index >= 15 is 0 Å². The van der Waals surface area contributed by atoms with Crippen LogP contribution >= 0.6 is 11.6 Å². The summed E-state index contributed by atoms with van der Waals surface area (Å²) in [4.78, 5) is 4.92. The number of aliphatic hydroxyl groups is 1. The molecule has 1 unspecified atom stereocenters. The minimum Gasteiger partial charge on any atom is -0.497 e. The van der Waals surface area contributed by atoms with Gasteiger partial charge in [-0.25, -0.2) is 4.98 Å². The first-order valence-electron chi connectivity index (χ1n) is 10.6. The molecule has 0 bridgehead atoms. The lowest BCUT2D eigenvalue weighted by atomic mass is 9.80. The van der Waals surface area contributed by atoms with Crippen molar-refractivity contribution in [3.8, 4) is 28.3 Å². The molecule has 0 amide bonds. The molecule has 6 nitrogen and oxygen atoms in total. The fourth-order valence-corrected chi connectivity index (χ4v) is 4.39. The number of hydroxylamine groups is 1. The highest BCUT2D eigenvalue weighted by atomic mass is 35.5. The van der Waals surface area contributed by atoms with Crippen LogP contribution in [0, 0.1) is 5.92 Å². The van der Waals surface area contributed by atoms with Gasteiger partial charge in [0.1, 0.15) is 17.7 Å². The van der Waals surface area contributed by atoms with E-state index < -0.39 is 6.23 Å². The summed E-state index contributed by atoms with van der Waals surface area (Å²) in [6.07, 6.45) is 3.46. The van der Waals surface area contributed by atoms with Crippen molar-refractivity contribution >= 4 is 11.6 Å². The van der Waals surface area contributed by atoms with Crippen molar-refractivity contribution in [3.63, 3.8) is 0 Å². The SMILES string of the molecule is COc1ccc(-c2nc(C3CCC(CC(O)NO)CC3)oc2-c2ccc(Cl)cc2)cc1. The lowest BCUT2D eigenvalue weighted by Gasteiger charge is -2.27. The van der Waals surface area contributed by atoms with Crippen LogP contribution in [0.1, 0.15) is 43.9 Å². The van der Waals surface area contributed by atoms with Crippen LogP contribution < -0.4 is 10.2 Å². The third-order valence-electron chi connectivity index (χ3n) is 6.02. The molecule has 0 aliphatic heterocycles. The molecule has 1 saturated carbocycles. The van der Waals surface area contributed by atoms with Gasteiger partial charge in [-0.1, -0.05) is 11.6 Å². The molecule has 1 fully saturated rings. The van der Waals surface area contributed by atoms with E-state index in [-0.39, 0.29) is 5.92 Å². The van der Waals surface area contributed by atoms with Gasteiger partial charge in [0.2, 0.25) is 0 Å². The van der Waals surface area contributed by atoms with Crippen LogP contribution in [0.4, 0.5) is 0 Å². The Bertz CT molecular complexity index is 980. The second-order valence-electron chi connectivity index (χ2n) is 8.06. The summed E-state index contributed by atoms with van der Waals surface area (Å²) in [5.74, 6) is 2.87. The van der Waals surface area contributed by atoms with Gasteiger partial charge in [0.15, 0.2) is 11.7 Å². The highest BCUT2D eigenvalue weighted by molar-refractivity contribution is 6.30. The molecule has 1 aliphatic rings. The Balaban J connectivity index is 1.61. The summed E-state index contributed by atoms with van der Waals surface area (Å²) in [5, 5.41) is 19.2. The Morgan fingerprint density at radius 2 is 1.71 bits per heavy atom. The minimum absolute atomic E-state index is 0.230. The Labute approximate surface area is 186 Å². The number of aliphatic hydroxyl groups excluding tert-OH is 1. The zero-order valence-electron chi connectivity index (χ0n) is 17.4.